The summed E-state index contributed by atoms with van der Waals surface area (Å²) in [6.45, 7) is 3.85. The molecule has 0 aliphatic rings. The van der Waals surface area contributed by atoms with Gasteiger partial charge in [0.1, 0.15) is 11.3 Å². The van der Waals surface area contributed by atoms with Crippen molar-refractivity contribution in [2.24, 2.45) is 5.92 Å². The standard InChI is InChI=1S/C40H40N2O6S/c1-29(2)24-30-14-16-32(17-15-30)27-42(35-20-23-38(43)37(25-35)40(45)48-3)39(44)28-41(26-31-10-6-4-7-11-31)49(46,47)36-21-18-34(19-22-36)33-12-8-5-9-13-33/h4-23,25,29,43H,24,26-28H2,1-3H3. The highest BCUT2D eigenvalue weighted by atomic mass is 32.2. The van der Waals surface area contributed by atoms with Crippen LogP contribution in [-0.4, -0.2) is 43.4 Å². The van der Waals surface area contributed by atoms with Gasteiger partial charge in [0.25, 0.3) is 0 Å². The third kappa shape index (κ3) is 8.81. The molecule has 0 atom stereocenters. The molecule has 0 aromatic heterocycles. The number of ether oxygens (including phenoxy) is 1. The molecular weight excluding hydrogens is 637 g/mol. The molecule has 252 valence electrons. The van der Waals surface area contributed by atoms with Gasteiger partial charge < -0.3 is 14.7 Å². The van der Waals surface area contributed by atoms with Crippen molar-refractivity contribution in [1.29, 1.82) is 0 Å². The first-order valence-corrected chi connectivity index (χ1v) is 17.5. The van der Waals surface area contributed by atoms with E-state index in [1.807, 2.05) is 84.9 Å². The summed E-state index contributed by atoms with van der Waals surface area (Å²) in [7, 11) is -2.96. The van der Waals surface area contributed by atoms with Gasteiger partial charge in [-0.15, -0.1) is 0 Å². The van der Waals surface area contributed by atoms with E-state index in [-0.39, 0.29) is 29.3 Å². The number of carbonyl (C=O) groups excluding carboxylic acids is 2. The minimum atomic E-state index is -4.16. The van der Waals surface area contributed by atoms with Crippen LogP contribution < -0.4 is 4.90 Å². The van der Waals surface area contributed by atoms with Crippen molar-refractivity contribution in [3.8, 4) is 16.9 Å². The summed E-state index contributed by atoms with van der Waals surface area (Å²) < 4.78 is 34.5. The maximum absolute atomic E-state index is 14.4. The lowest BCUT2D eigenvalue weighted by atomic mass is 10.0. The van der Waals surface area contributed by atoms with Crippen LogP contribution in [0.4, 0.5) is 5.69 Å². The van der Waals surface area contributed by atoms with Gasteiger partial charge in [0.2, 0.25) is 15.9 Å². The van der Waals surface area contributed by atoms with Gasteiger partial charge in [-0.2, -0.15) is 4.31 Å². The fourth-order valence-corrected chi connectivity index (χ4v) is 6.95. The van der Waals surface area contributed by atoms with Crippen molar-refractivity contribution in [1.82, 2.24) is 4.31 Å². The van der Waals surface area contributed by atoms with Crippen molar-refractivity contribution in [2.45, 2.75) is 38.3 Å². The number of amides is 1. The van der Waals surface area contributed by atoms with E-state index in [2.05, 4.69) is 13.8 Å². The second kappa shape index (κ2) is 15.8. The molecule has 0 aliphatic carbocycles. The highest BCUT2D eigenvalue weighted by Crippen LogP contribution is 2.28. The number of hydrogen-bond donors (Lipinski definition) is 1. The Balaban J connectivity index is 1.51. The van der Waals surface area contributed by atoms with E-state index in [4.69, 9.17) is 4.74 Å². The molecule has 0 saturated carbocycles. The lowest BCUT2D eigenvalue weighted by molar-refractivity contribution is -0.119. The van der Waals surface area contributed by atoms with Crippen LogP contribution in [0, 0.1) is 5.92 Å². The Morgan fingerprint density at radius 2 is 1.29 bits per heavy atom. The number of esters is 1. The van der Waals surface area contributed by atoms with Gasteiger partial charge in [0.05, 0.1) is 25.1 Å². The summed E-state index contributed by atoms with van der Waals surface area (Å²) >= 11 is 0. The highest BCUT2D eigenvalue weighted by Gasteiger charge is 2.30. The van der Waals surface area contributed by atoms with Gasteiger partial charge in [0.15, 0.2) is 0 Å². The van der Waals surface area contributed by atoms with Crippen LogP contribution in [-0.2, 0) is 39.1 Å². The van der Waals surface area contributed by atoms with Crippen molar-refractivity contribution in [2.75, 3.05) is 18.6 Å². The van der Waals surface area contributed by atoms with E-state index >= 15 is 0 Å². The minimum Gasteiger partial charge on any atom is -0.507 e. The second-order valence-electron chi connectivity index (χ2n) is 12.2. The fourth-order valence-electron chi connectivity index (χ4n) is 5.57. The van der Waals surface area contributed by atoms with E-state index in [9.17, 15) is 23.1 Å². The van der Waals surface area contributed by atoms with E-state index in [0.717, 1.165) is 28.7 Å². The maximum Gasteiger partial charge on any atom is 0.341 e. The number of phenolic OH excluding ortho intramolecular Hbond substituents is 1. The number of aromatic hydroxyl groups is 1. The second-order valence-corrected chi connectivity index (χ2v) is 14.2. The van der Waals surface area contributed by atoms with Crippen molar-refractivity contribution in [3.05, 3.63) is 150 Å². The van der Waals surface area contributed by atoms with Crippen LogP contribution in [0.15, 0.2) is 132 Å². The molecule has 0 unspecified atom stereocenters. The molecule has 0 saturated heterocycles. The van der Waals surface area contributed by atoms with Crippen LogP contribution in [0.25, 0.3) is 11.1 Å². The molecule has 9 heteroatoms. The molecule has 0 heterocycles. The molecule has 5 aromatic rings. The molecule has 0 aliphatic heterocycles. The molecule has 8 nitrogen and oxygen atoms in total. The lowest BCUT2D eigenvalue weighted by Crippen LogP contribution is -2.42. The quantitative estimate of drug-likeness (QED) is 0.130. The molecule has 0 radical (unpaired) electrons. The highest BCUT2D eigenvalue weighted by molar-refractivity contribution is 7.89. The zero-order valence-corrected chi connectivity index (χ0v) is 28.6. The molecule has 0 bridgehead atoms. The molecule has 49 heavy (non-hydrogen) atoms. The summed E-state index contributed by atoms with van der Waals surface area (Å²) in [5, 5.41) is 10.4. The number of phenols is 1. The lowest BCUT2D eigenvalue weighted by Gasteiger charge is -2.28. The van der Waals surface area contributed by atoms with Gasteiger partial charge in [-0.3, -0.25) is 4.79 Å². The van der Waals surface area contributed by atoms with E-state index < -0.39 is 28.4 Å². The molecule has 5 rings (SSSR count). The smallest absolute Gasteiger partial charge is 0.341 e. The molecular formula is C40H40N2O6S. The van der Waals surface area contributed by atoms with E-state index in [1.165, 1.54) is 34.5 Å². The summed E-state index contributed by atoms with van der Waals surface area (Å²) in [4.78, 5) is 28.3. The molecule has 0 fully saturated rings. The number of rotatable bonds is 13. The average Bonchev–Trinajstić information content (AvgIpc) is 3.11. The fraction of sp³-hybridized carbons (Fsp3) is 0.200. The summed E-state index contributed by atoms with van der Waals surface area (Å²) in [6.07, 6.45) is 0.905. The van der Waals surface area contributed by atoms with E-state index in [0.29, 0.717) is 17.2 Å². The Hall–Kier alpha value is -5.25. The van der Waals surface area contributed by atoms with E-state index in [1.54, 1.807) is 24.3 Å². The number of methoxy groups -OCH3 is 1. The van der Waals surface area contributed by atoms with Crippen LogP contribution in [0.3, 0.4) is 0 Å². The third-order valence-electron chi connectivity index (χ3n) is 8.12. The predicted octanol–water partition coefficient (Wildman–Crippen LogP) is 7.47. The Kier molecular flexibility index (Phi) is 11.3. The van der Waals surface area contributed by atoms with Crippen LogP contribution >= 0.6 is 0 Å². The molecule has 0 spiro atoms. The summed E-state index contributed by atoms with van der Waals surface area (Å²) in [5.41, 5.74) is 4.69. The largest absolute Gasteiger partial charge is 0.507 e. The minimum absolute atomic E-state index is 0.0456. The first kappa shape index (κ1) is 35.1. The number of hydrogen-bond acceptors (Lipinski definition) is 6. The van der Waals surface area contributed by atoms with Crippen molar-refractivity contribution >= 4 is 27.6 Å². The topological polar surface area (TPSA) is 104 Å². The number of anilines is 1. The Morgan fingerprint density at radius 3 is 1.90 bits per heavy atom. The van der Waals surface area contributed by atoms with Gasteiger partial charge >= 0.3 is 5.97 Å². The summed E-state index contributed by atoms with van der Waals surface area (Å²) in [5.74, 6) is -1.11. The summed E-state index contributed by atoms with van der Waals surface area (Å²) in [6, 6.07) is 37.5. The van der Waals surface area contributed by atoms with Gasteiger partial charge in [-0.25, -0.2) is 13.2 Å². The number of benzene rings is 5. The normalized spacial score (nSPS) is 11.4. The van der Waals surface area contributed by atoms with Gasteiger partial charge in [0, 0.05) is 12.2 Å². The van der Waals surface area contributed by atoms with Crippen LogP contribution in [0.5, 0.6) is 5.75 Å². The SMILES string of the molecule is COC(=O)c1cc(N(Cc2ccc(CC(C)C)cc2)C(=O)CN(Cc2ccccc2)S(=O)(=O)c2ccc(-c3ccccc3)cc2)ccc1O. The van der Waals surface area contributed by atoms with Crippen molar-refractivity contribution in [3.63, 3.8) is 0 Å². The van der Waals surface area contributed by atoms with Gasteiger partial charge in [-0.1, -0.05) is 111 Å². The Morgan fingerprint density at radius 1 is 0.714 bits per heavy atom. The van der Waals surface area contributed by atoms with Crippen LogP contribution in [0.2, 0.25) is 0 Å². The predicted molar refractivity (Wildman–Crippen MR) is 192 cm³/mol. The third-order valence-corrected chi connectivity index (χ3v) is 9.92. The Bertz CT molecular complexity index is 1980. The van der Waals surface area contributed by atoms with Gasteiger partial charge in [-0.05, 0) is 70.5 Å². The number of nitrogens with zero attached hydrogens (tertiary/aromatic N) is 2. The number of sulfonamides is 1. The monoisotopic (exact) mass is 676 g/mol. The van der Waals surface area contributed by atoms with Crippen molar-refractivity contribution < 1.29 is 27.9 Å². The zero-order valence-electron chi connectivity index (χ0n) is 27.8. The molecule has 5 aromatic carbocycles. The first-order valence-electron chi connectivity index (χ1n) is 16.0. The van der Waals surface area contributed by atoms with Crippen LogP contribution in [0.1, 0.15) is 40.9 Å². The molecule has 1 amide bonds. The Labute approximate surface area is 288 Å². The zero-order chi connectivity index (χ0) is 35.0. The number of carbonyl (C=O) groups is 2. The molecule has 1 N–H and O–H groups in total. The average molecular weight is 677 g/mol. The first-order chi connectivity index (χ1) is 23.5. The maximum atomic E-state index is 14.4.